The van der Waals surface area contributed by atoms with Crippen LogP contribution in [0.15, 0.2) is 11.6 Å². The van der Waals surface area contributed by atoms with Crippen LogP contribution in [0.1, 0.15) is 65.2 Å². The molecule has 3 heteroatoms. The van der Waals surface area contributed by atoms with Gasteiger partial charge in [0.2, 0.25) is 0 Å². The largest absolute Gasteiger partial charge is 0.369 e. The van der Waals surface area contributed by atoms with Crippen LogP contribution in [-0.2, 0) is 14.2 Å². The quantitative estimate of drug-likeness (QED) is 0.412. The van der Waals surface area contributed by atoms with E-state index in [9.17, 15) is 0 Å². The zero-order valence-electron chi connectivity index (χ0n) is 16.4. The van der Waals surface area contributed by atoms with Gasteiger partial charge in [-0.1, -0.05) is 25.5 Å². The Balaban J connectivity index is 1.47. The third-order valence-electron chi connectivity index (χ3n) is 9.64. The maximum absolute atomic E-state index is 6.05. The van der Waals surface area contributed by atoms with Crippen LogP contribution >= 0.6 is 0 Å². The summed E-state index contributed by atoms with van der Waals surface area (Å²) in [6, 6.07) is 0. The molecular weight excluding hydrogens is 312 g/mol. The van der Waals surface area contributed by atoms with Crippen LogP contribution in [0.25, 0.3) is 0 Å². The summed E-state index contributed by atoms with van der Waals surface area (Å²) >= 11 is 0. The standard InChI is InChI=1S/C22H34O3/c1-19-11-12-22(23-3,24-4)13-15(19)5-6-16-17(19)7-9-20(2)18(16)8-10-21(20)14-25-21/h5,16-18H,6-14H2,1-4H3/t16-,17+,18+,19-,20+,21+/m0/s1. The fraction of sp³-hybridized carbons (Fsp3) is 0.909. The topological polar surface area (TPSA) is 31.0 Å². The second-order valence-electron chi connectivity index (χ2n) is 10.0. The molecular formula is C22H34O3. The number of fused-ring (bicyclic) bond motifs is 6. The van der Waals surface area contributed by atoms with Crippen molar-refractivity contribution < 1.29 is 14.2 Å². The van der Waals surface area contributed by atoms with Crippen molar-refractivity contribution in [3.05, 3.63) is 11.6 Å². The van der Waals surface area contributed by atoms with Crippen LogP contribution in [0, 0.1) is 28.6 Å². The van der Waals surface area contributed by atoms with E-state index in [2.05, 4.69) is 19.9 Å². The highest BCUT2D eigenvalue weighted by atomic mass is 16.7. The van der Waals surface area contributed by atoms with E-state index in [0.717, 1.165) is 37.2 Å². The molecule has 0 aromatic carbocycles. The molecule has 0 radical (unpaired) electrons. The molecule has 4 aliphatic carbocycles. The fourth-order valence-electron chi connectivity index (χ4n) is 7.69. The summed E-state index contributed by atoms with van der Waals surface area (Å²) in [5, 5.41) is 0. The van der Waals surface area contributed by atoms with Gasteiger partial charge in [0.05, 0.1) is 12.2 Å². The summed E-state index contributed by atoms with van der Waals surface area (Å²) in [6.45, 7) is 6.13. The zero-order chi connectivity index (χ0) is 17.5. The molecule has 0 N–H and O–H groups in total. The zero-order valence-corrected chi connectivity index (χ0v) is 16.4. The monoisotopic (exact) mass is 346 g/mol. The number of ether oxygens (including phenoxy) is 3. The predicted octanol–water partition coefficient (Wildman–Crippen LogP) is 4.71. The molecule has 0 bridgehead atoms. The lowest BCUT2D eigenvalue weighted by Gasteiger charge is -2.59. The van der Waals surface area contributed by atoms with Crippen molar-refractivity contribution >= 4 is 0 Å². The molecule has 0 amide bonds. The van der Waals surface area contributed by atoms with Gasteiger partial charge in [-0.15, -0.1) is 0 Å². The van der Waals surface area contributed by atoms with Gasteiger partial charge in [-0.2, -0.15) is 0 Å². The number of allylic oxidation sites excluding steroid dienone is 1. The van der Waals surface area contributed by atoms with E-state index >= 15 is 0 Å². The van der Waals surface area contributed by atoms with Crippen molar-refractivity contribution in [2.75, 3.05) is 20.8 Å². The molecule has 1 saturated heterocycles. The van der Waals surface area contributed by atoms with Crippen LogP contribution in [0.5, 0.6) is 0 Å². The Hall–Kier alpha value is -0.380. The first kappa shape index (κ1) is 16.8. The molecule has 5 aliphatic rings. The van der Waals surface area contributed by atoms with Crippen LogP contribution in [0.4, 0.5) is 0 Å². The molecule has 3 saturated carbocycles. The number of hydrogen-bond donors (Lipinski definition) is 0. The second-order valence-corrected chi connectivity index (χ2v) is 10.0. The van der Waals surface area contributed by atoms with E-state index in [0.29, 0.717) is 10.8 Å². The average Bonchev–Trinajstić information content (AvgIpc) is 3.35. The van der Waals surface area contributed by atoms with Crippen molar-refractivity contribution in [2.24, 2.45) is 28.6 Å². The van der Waals surface area contributed by atoms with E-state index in [-0.39, 0.29) is 11.4 Å². The minimum atomic E-state index is -0.388. The van der Waals surface area contributed by atoms with Crippen LogP contribution < -0.4 is 0 Å². The number of epoxide rings is 1. The van der Waals surface area contributed by atoms with Gasteiger partial charge in [0.25, 0.3) is 0 Å². The first-order chi connectivity index (χ1) is 11.9. The van der Waals surface area contributed by atoms with E-state index in [1.165, 1.54) is 38.5 Å². The minimum absolute atomic E-state index is 0.265. The third-order valence-corrected chi connectivity index (χ3v) is 9.64. The molecule has 0 aromatic rings. The lowest BCUT2D eigenvalue weighted by molar-refractivity contribution is -0.227. The highest BCUT2D eigenvalue weighted by molar-refractivity contribution is 5.28. The number of rotatable bonds is 2. The first-order valence-corrected chi connectivity index (χ1v) is 10.4. The Bertz CT molecular complexity index is 602. The van der Waals surface area contributed by atoms with Crippen molar-refractivity contribution in [3.8, 4) is 0 Å². The molecule has 1 spiro atoms. The Labute approximate surface area is 152 Å². The van der Waals surface area contributed by atoms with Gasteiger partial charge < -0.3 is 14.2 Å². The van der Waals surface area contributed by atoms with Crippen LogP contribution in [-0.4, -0.2) is 32.2 Å². The van der Waals surface area contributed by atoms with Crippen LogP contribution in [0.3, 0.4) is 0 Å². The molecule has 140 valence electrons. The van der Waals surface area contributed by atoms with Gasteiger partial charge >= 0.3 is 0 Å². The van der Waals surface area contributed by atoms with Gasteiger partial charge in [-0.3, -0.25) is 0 Å². The van der Waals surface area contributed by atoms with Crippen molar-refractivity contribution in [1.29, 1.82) is 0 Å². The highest BCUT2D eigenvalue weighted by Gasteiger charge is 2.69. The van der Waals surface area contributed by atoms with Crippen LogP contribution in [0.2, 0.25) is 0 Å². The molecule has 1 heterocycles. The molecule has 1 aliphatic heterocycles. The Morgan fingerprint density at radius 1 is 1.00 bits per heavy atom. The summed E-state index contributed by atoms with van der Waals surface area (Å²) in [5.41, 5.74) is 2.67. The van der Waals surface area contributed by atoms with E-state index in [1.54, 1.807) is 19.8 Å². The van der Waals surface area contributed by atoms with Crippen molar-refractivity contribution in [2.45, 2.75) is 76.6 Å². The van der Waals surface area contributed by atoms with Gasteiger partial charge in [-0.05, 0) is 61.7 Å². The Kier molecular flexibility index (Phi) is 3.43. The molecule has 0 unspecified atom stereocenters. The SMILES string of the molecule is COC1(OC)CC[C@@]2(C)C(=CC[C@H]3[C@H]2CC[C@]2(C)[C@@H]3CC[C@@]23CO3)C1. The predicted molar refractivity (Wildman–Crippen MR) is 97.1 cm³/mol. The molecule has 25 heavy (non-hydrogen) atoms. The number of hydrogen-bond acceptors (Lipinski definition) is 3. The Morgan fingerprint density at radius 3 is 2.40 bits per heavy atom. The maximum atomic E-state index is 6.05. The summed E-state index contributed by atoms with van der Waals surface area (Å²) in [6.07, 6.45) is 12.4. The van der Waals surface area contributed by atoms with E-state index in [4.69, 9.17) is 14.2 Å². The second kappa shape index (κ2) is 5.11. The third kappa shape index (κ3) is 1.98. The maximum Gasteiger partial charge on any atom is 0.171 e. The average molecular weight is 347 g/mol. The van der Waals surface area contributed by atoms with Gasteiger partial charge in [0.1, 0.15) is 0 Å². The molecule has 5 rings (SSSR count). The van der Waals surface area contributed by atoms with Gasteiger partial charge in [0, 0.05) is 32.5 Å². The van der Waals surface area contributed by atoms with Crippen molar-refractivity contribution in [1.82, 2.24) is 0 Å². The molecule has 6 atom stereocenters. The van der Waals surface area contributed by atoms with E-state index < -0.39 is 0 Å². The molecule has 0 aromatic heterocycles. The lowest BCUT2D eigenvalue weighted by Crippen LogP contribution is -2.53. The molecule has 4 fully saturated rings. The van der Waals surface area contributed by atoms with Crippen molar-refractivity contribution in [3.63, 3.8) is 0 Å². The summed E-state index contributed by atoms with van der Waals surface area (Å²) in [5.74, 6) is 2.17. The van der Waals surface area contributed by atoms with Gasteiger partial charge in [0.15, 0.2) is 5.79 Å². The normalized spacial score (nSPS) is 53.0. The summed E-state index contributed by atoms with van der Waals surface area (Å²) in [4.78, 5) is 0. The summed E-state index contributed by atoms with van der Waals surface area (Å²) in [7, 11) is 3.61. The minimum Gasteiger partial charge on any atom is -0.369 e. The summed E-state index contributed by atoms with van der Waals surface area (Å²) < 4.78 is 17.6. The Morgan fingerprint density at radius 2 is 1.72 bits per heavy atom. The smallest absolute Gasteiger partial charge is 0.171 e. The molecule has 3 nitrogen and oxygen atoms in total. The lowest BCUT2D eigenvalue weighted by atomic mass is 9.47. The van der Waals surface area contributed by atoms with E-state index in [1.807, 2.05) is 0 Å². The first-order valence-electron chi connectivity index (χ1n) is 10.4. The van der Waals surface area contributed by atoms with Gasteiger partial charge in [-0.25, -0.2) is 0 Å². The highest BCUT2D eigenvalue weighted by Crippen LogP contribution is 2.70. The number of methoxy groups -OCH3 is 2. The fourth-order valence-corrected chi connectivity index (χ4v) is 7.69.